The van der Waals surface area contributed by atoms with Gasteiger partial charge in [0.2, 0.25) is 0 Å². The van der Waals surface area contributed by atoms with Gasteiger partial charge >= 0.3 is 0 Å². The van der Waals surface area contributed by atoms with Crippen molar-refractivity contribution in [3.8, 4) is 5.82 Å². The molecule has 2 aromatic heterocycles. The molecule has 18 heavy (non-hydrogen) atoms. The zero-order chi connectivity index (χ0) is 13.3. The minimum absolute atomic E-state index is 0.0960. The summed E-state index contributed by atoms with van der Waals surface area (Å²) in [5.74, 6) is 2.48. The Morgan fingerprint density at radius 2 is 1.94 bits per heavy atom. The van der Waals surface area contributed by atoms with Gasteiger partial charge in [-0.2, -0.15) is 5.10 Å². The Balaban J connectivity index is 2.65. The van der Waals surface area contributed by atoms with E-state index in [0.29, 0.717) is 0 Å². The van der Waals surface area contributed by atoms with E-state index < -0.39 is 0 Å². The van der Waals surface area contributed by atoms with Crippen molar-refractivity contribution in [3.05, 3.63) is 29.8 Å². The first kappa shape index (κ1) is 12.5. The Morgan fingerprint density at radius 3 is 2.44 bits per heavy atom. The van der Waals surface area contributed by atoms with Crippen LogP contribution in [0.4, 0.5) is 5.82 Å². The zero-order valence-corrected chi connectivity index (χ0v) is 11.5. The maximum atomic E-state index is 4.64. The van der Waals surface area contributed by atoms with Gasteiger partial charge in [0, 0.05) is 30.4 Å². The minimum atomic E-state index is -0.0960. The van der Waals surface area contributed by atoms with E-state index in [4.69, 9.17) is 0 Å². The smallest absolute Gasteiger partial charge is 0.162 e. The topological polar surface area (TPSA) is 55.6 Å². The van der Waals surface area contributed by atoms with Crippen molar-refractivity contribution in [2.45, 2.75) is 33.1 Å². The van der Waals surface area contributed by atoms with E-state index in [9.17, 15) is 0 Å². The van der Waals surface area contributed by atoms with E-state index in [1.54, 1.807) is 10.9 Å². The summed E-state index contributed by atoms with van der Waals surface area (Å²) in [6, 6.07) is 1.89. The Hall–Kier alpha value is -1.91. The molecule has 0 fully saturated rings. The molecule has 5 nitrogen and oxygen atoms in total. The van der Waals surface area contributed by atoms with Crippen LogP contribution in [0, 0.1) is 6.92 Å². The van der Waals surface area contributed by atoms with Crippen LogP contribution in [0.25, 0.3) is 5.82 Å². The maximum Gasteiger partial charge on any atom is 0.162 e. The lowest BCUT2D eigenvalue weighted by molar-refractivity contribution is 0.542. The first-order valence-corrected chi connectivity index (χ1v) is 6.00. The predicted octanol–water partition coefficient (Wildman–Crippen LogP) is 2.31. The second-order valence-electron chi connectivity index (χ2n) is 5.30. The molecule has 0 saturated heterocycles. The number of rotatable bonds is 2. The highest BCUT2D eigenvalue weighted by molar-refractivity contribution is 5.51. The fourth-order valence-electron chi connectivity index (χ4n) is 1.70. The Kier molecular flexibility index (Phi) is 3.07. The summed E-state index contributed by atoms with van der Waals surface area (Å²) in [7, 11) is 1.87. The summed E-state index contributed by atoms with van der Waals surface area (Å²) in [5.41, 5.74) is 0.899. The fourth-order valence-corrected chi connectivity index (χ4v) is 1.70. The first-order valence-electron chi connectivity index (χ1n) is 6.00. The van der Waals surface area contributed by atoms with Crippen molar-refractivity contribution < 1.29 is 0 Å². The Bertz CT molecular complexity index is 537. The molecule has 0 saturated carbocycles. The van der Waals surface area contributed by atoms with Gasteiger partial charge in [-0.05, 0) is 13.0 Å². The highest BCUT2D eigenvalue weighted by atomic mass is 15.3. The monoisotopic (exact) mass is 245 g/mol. The molecule has 2 rings (SSSR count). The molecule has 0 bridgehead atoms. The van der Waals surface area contributed by atoms with Crippen LogP contribution in [0.2, 0.25) is 0 Å². The number of anilines is 1. The van der Waals surface area contributed by atoms with Crippen LogP contribution in [0.15, 0.2) is 18.5 Å². The molecular formula is C13H19N5. The predicted molar refractivity (Wildman–Crippen MR) is 72.1 cm³/mol. The second-order valence-corrected chi connectivity index (χ2v) is 5.30. The summed E-state index contributed by atoms with van der Waals surface area (Å²) in [5, 5.41) is 7.36. The van der Waals surface area contributed by atoms with Gasteiger partial charge in [0.25, 0.3) is 0 Å². The lowest BCUT2D eigenvalue weighted by Crippen LogP contribution is -2.19. The van der Waals surface area contributed by atoms with Crippen molar-refractivity contribution in [3.63, 3.8) is 0 Å². The van der Waals surface area contributed by atoms with Crippen LogP contribution in [0.1, 0.15) is 32.2 Å². The van der Waals surface area contributed by atoms with E-state index in [1.807, 2.05) is 26.2 Å². The normalized spacial score (nSPS) is 11.6. The van der Waals surface area contributed by atoms with E-state index in [-0.39, 0.29) is 5.41 Å². The largest absolute Gasteiger partial charge is 0.373 e. The summed E-state index contributed by atoms with van der Waals surface area (Å²) >= 11 is 0. The maximum absolute atomic E-state index is 4.64. The molecule has 0 unspecified atom stereocenters. The molecule has 0 atom stereocenters. The van der Waals surface area contributed by atoms with Crippen LogP contribution in [-0.2, 0) is 5.41 Å². The second kappa shape index (κ2) is 4.40. The van der Waals surface area contributed by atoms with E-state index >= 15 is 0 Å². The number of aromatic nitrogens is 4. The van der Waals surface area contributed by atoms with Crippen LogP contribution in [0.5, 0.6) is 0 Å². The highest BCUT2D eigenvalue weighted by Gasteiger charge is 2.21. The lowest BCUT2D eigenvalue weighted by Gasteiger charge is -2.20. The third kappa shape index (κ3) is 2.20. The number of nitrogens with zero attached hydrogens (tertiary/aromatic N) is 4. The SMILES string of the molecule is CNc1nc(C(C)(C)C)nc(-n2cccn2)c1C. The molecule has 1 N–H and O–H groups in total. The molecule has 0 aliphatic carbocycles. The minimum Gasteiger partial charge on any atom is -0.373 e. The molecule has 2 heterocycles. The number of hydrogen-bond donors (Lipinski definition) is 1. The highest BCUT2D eigenvalue weighted by Crippen LogP contribution is 2.24. The molecule has 0 amide bonds. The quantitative estimate of drug-likeness (QED) is 0.882. The van der Waals surface area contributed by atoms with Crippen molar-refractivity contribution in [1.82, 2.24) is 19.7 Å². The summed E-state index contributed by atoms with van der Waals surface area (Å²) in [6.07, 6.45) is 3.64. The summed E-state index contributed by atoms with van der Waals surface area (Å²) in [6.45, 7) is 8.30. The Morgan fingerprint density at radius 1 is 1.22 bits per heavy atom. The van der Waals surface area contributed by atoms with Gasteiger partial charge < -0.3 is 5.32 Å². The van der Waals surface area contributed by atoms with Gasteiger partial charge in [-0.15, -0.1) is 0 Å². The van der Waals surface area contributed by atoms with Crippen molar-refractivity contribution >= 4 is 5.82 Å². The zero-order valence-electron chi connectivity index (χ0n) is 11.5. The van der Waals surface area contributed by atoms with E-state index in [1.165, 1.54) is 0 Å². The van der Waals surface area contributed by atoms with Crippen molar-refractivity contribution in [1.29, 1.82) is 0 Å². The molecule has 0 aliphatic rings. The third-order valence-electron chi connectivity index (χ3n) is 2.75. The van der Waals surface area contributed by atoms with E-state index in [0.717, 1.165) is 23.0 Å². The van der Waals surface area contributed by atoms with Gasteiger partial charge in [0.05, 0.1) is 0 Å². The van der Waals surface area contributed by atoms with Gasteiger partial charge in [-0.1, -0.05) is 20.8 Å². The molecular weight excluding hydrogens is 226 g/mol. The fraction of sp³-hybridized carbons (Fsp3) is 0.462. The van der Waals surface area contributed by atoms with Crippen LogP contribution < -0.4 is 5.32 Å². The van der Waals surface area contributed by atoms with Gasteiger partial charge in [0.15, 0.2) is 5.82 Å². The van der Waals surface area contributed by atoms with Crippen molar-refractivity contribution in [2.75, 3.05) is 12.4 Å². The summed E-state index contributed by atoms with van der Waals surface area (Å²) < 4.78 is 1.77. The molecule has 0 spiro atoms. The summed E-state index contributed by atoms with van der Waals surface area (Å²) in [4.78, 5) is 9.21. The molecule has 0 aliphatic heterocycles. The first-order chi connectivity index (χ1) is 8.43. The van der Waals surface area contributed by atoms with Gasteiger partial charge in [-0.25, -0.2) is 14.6 Å². The average Bonchev–Trinajstić information content (AvgIpc) is 2.81. The van der Waals surface area contributed by atoms with Crippen LogP contribution in [-0.4, -0.2) is 26.8 Å². The molecule has 96 valence electrons. The van der Waals surface area contributed by atoms with E-state index in [2.05, 4.69) is 41.2 Å². The molecule has 0 radical (unpaired) electrons. The van der Waals surface area contributed by atoms with Crippen molar-refractivity contribution in [2.24, 2.45) is 0 Å². The number of hydrogen-bond acceptors (Lipinski definition) is 4. The average molecular weight is 245 g/mol. The number of nitrogens with one attached hydrogen (secondary N) is 1. The van der Waals surface area contributed by atoms with Gasteiger partial charge in [-0.3, -0.25) is 0 Å². The Labute approximate surface area is 107 Å². The van der Waals surface area contributed by atoms with Crippen LogP contribution >= 0.6 is 0 Å². The standard InChI is InChI=1S/C13H19N5/c1-9-10(14-5)16-12(13(2,3)4)17-11(9)18-8-6-7-15-18/h6-8H,1-5H3,(H,14,16,17). The van der Waals surface area contributed by atoms with Gasteiger partial charge in [0.1, 0.15) is 11.6 Å². The molecule has 5 heteroatoms. The molecule has 0 aromatic carbocycles. The van der Waals surface area contributed by atoms with Crippen LogP contribution in [0.3, 0.4) is 0 Å². The lowest BCUT2D eigenvalue weighted by atomic mass is 9.95. The molecule has 2 aromatic rings. The third-order valence-corrected chi connectivity index (χ3v) is 2.75.